The highest BCUT2D eigenvalue weighted by Crippen LogP contribution is 2.37. The maximum absolute atomic E-state index is 12.1. The minimum absolute atomic E-state index is 0.153. The Balaban J connectivity index is 1.52. The minimum Gasteiger partial charge on any atom is -0.384 e. The topological polar surface area (TPSA) is 110 Å². The molecule has 1 fully saturated rings. The number of likely N-dealkylation sites (tertiary alicyclic amines) is 1. The summed E-state index contributed by atoms with van der Waals surface area (Å²) in [6, 6.07) is 4.14. The van der Waals surface area contributed by atoms with Crippen LogP contribution >= 0.6 is 27.3 Å². The number of carbonyl (C=O) groups excluding carboxylic acids is 1. The fourth-order valence-electron chi connectivity index (χ4n) is 4.13. The van der Waals surface area contributed by atoms with E-state index in [0.29, 0.717) is 24.6 Å². The zero-order chi connectivity index (χ0) is 21.7. The molecular formula is C21H21BrN6O2S. The highest BCUT2D eigenvalue weighted by molar-refractivity contribution is 9.10. The molecule has 4 aromatic heterocycles. The lowest BCUT2D eigenvalue weighted by molar-refractivity contribution is -0.140. The van der Waals surface area contributed by atoms with Crippen molar-refractivity contribution in [2.45, 2.75) is 31.8 Å². The number of thiophene rings is 1. The van der Waals surface area contributed by atoms with Crippen LogP contribution in [0.4, 0.5) is 5.82 Å². The molecule has 5 heterocycles. The lowest BCUT2D eigenvalue weighted by Gasteiger charge is -2.33. The van der Waals surface area contributed by atoms with Crippen LogP contribution in [0.3, 0.4) is 0 Å². The number of pyridine rings is 1. The third kappa shape index (κ3) is 3.48. The van der Waals surface area contributed by atoms with Crippen LogP contribution in [-0.4, -0.2) is 54.7 Å². The predicted molar refractivity (Wildman–Crippen MR) is 124 cm³/mol. The van der Waals surface area contributed by atoms with Crippen LogP contribution in [0, 0.1) is 0 Å². The van der Waals surface area contributed by atoms with E-state index in [-0.39, 0.29) is 11.8 Å². The first-order valence-corrected chi connectivity index (χ1v) is 11.7. The van der Waals surface area contributed by atoms with Crippen molar-refractivity contribution in [3.05, 3.63) is 40.1 Å². The first-order valence-electron chi connectivity index (χ1n) is 10.1. The van der Waals surface area contributed by atoms with Gasteiger partial charge in [0.1, 0.15) is 16.8 Å². The van der Waals surface area contributed by atoms with E-state index in [4.69, 9.17) is 10.7 Å². The number of anilines is 1. The van der Waals surface area contributed by atoms with Gasteiger partial charge in [-0.2, -0.15) is 9.61 Å². The van der Waals surface area contributed by atoms with E-state index < -0.39 is 6.10 Å². The fraction of sp³-hybridized carbons (Fsp3) is 0.333. The Labute approximate surface area is 190 Å². The number of rotatable bonds is 3. The highest BCUT2D eigenvalue weighted by atomic mass is 79.9. The molecule has 0 saturated carbocycles. The summed E-state index contributed by atoms with van der Waals surface area (Å²) in [5, 5.41) is 17.1. The van der Waals surface area contributed by atoms with Gasteiger partial charge in [0.2, 0.25) is 0 Å². The molecule has 1 saturated heterocycles. The lowest BCUT2D eigenvalue weighted by atomic mass is 9.93. The van der Waals surface area contributed by atoms with Gasteiger partial charge in [0, 0.05) is 41.7 Å². The highest BCUT2D eigenvalue weighted by Gasteiger charge is 2.29. The number of hydrogen-bond donors (Lipinski definition) is 2. The van der Waals surface area contributed by atoms with Gasteiger partial charge in [0.15, 0.2) is 5.65 Å². The SMILES string of the molecule is C[C@@H](O)C(=O)N1CCC(c2nc3c(-c4cnc5sccc5c4)cnn3c(N)c2Br)CC1. The smallest absolute Gasteiger partial charge is 0.251 e. The van der Waals surface area contributed by atoms with Gasteiger partial charge in [-0.25, -0.2) is 9.97 Å². The maximum atomic E-state index is 12.1. The fourth-order valence-corrected chi connectivity index (χ4v) is 5.43. The maximum Gasteiger partial charge on any atom is 0.251 e. The summed E-state index contributed by atoms with van der Waals surface area (Å²) in [6.07, 6.45) is 4.15. The van der Waals surface area contributed by atoms with E-state index in [2.05, 4.69) is 32.1 Å². The normalized spacial score (nSPS) is 16.3. The number of carbonyl (C=O) groups is 1. The molecule has 1 aliphatic rings. The second-order valence-corrected chi connectivity index (χ2v) is 9.49. The Morgan fingerprint density at radius 1 is 1.35 bits per heavy atom. The van der Waals surface area contributed by atoms with E-state index in [0.717, 1.165) is 44.4 Å². The number of nitrogen functional groups attached to an aromatic ring is 1. The van der Waals surface area contributed by atoms with E-state index in [1.807, 2.05) is 17.6 Å². The predicted octanol–water partition coefficient (Wildman–Crippen LogP) is 3.44. The Morgan fingerprint density at radius 3 is 2.87 bits per heavy atom. The third-order valence-electron chi connectivity index (χ3n) is 5.82. The van der Waals surface area contributed by atoms with Gasteiger partial charge < -0.3 is 15.7 Å². The zero-order valence-electron chi connectivity index (χ0n) is 16.8. The molecule has 4 aromatic rings. The molecule has 1 aliphatic heterocycles. The number of nitrogens with two attached hydrogens (primary N) is 1. The van der Waals surface area contributed by atoms with Crippen LogP contribution < -0.4 is 5.73 Å². The summed E-state index contributed by atoms with van der Waals surface area (Å²) in [5.41, 5.74) is 9.79. The molecule has 1 atom stereocenters. The van der Waals surface area contributed by atoms with Crippen molar-refractivity contribution in [2.24, 2.45) is 0 Å². The Hall–Kier alpha value is -2.56. The van der Waals surface area contributed by atoms with Gasteiger partial charge in [-0.15, -0.1) is 11.3 Å². The van der Waals surface area contributed by atoms with Crippen molar-refractivity contribution in [1.82, 2.24) is 24.5 Å². The van der Waals surface area contributed by atoms with Crippen molar-refractivity contribution >= 4 is 54.9 Å². The van der Waals surface area contributed by atoms with Crippen LogP contribution in [0.2, 0.25) is 0 Å². The van der Waals surface area contributed by atoms with Gasteiger partial charge in [-0.3, -0.25) is 4.79 Å². The van der Waals surface area contributed by atoms with Gasteiger partial charge in [-0.05, 0) is 53.2 Å². The molecule has 160 valence electrons. The molecule has 0 aliphatic carbocycles. The number of nitrogens with zero attached hydrogens (tertiary/aromatic N) is 5. The Morgan fingerprint density at radius 2 is 2.13 bits per heavy atom. The van der Waals surface area contributed by atoms with Gasteiger partial charge in [0.05, 0.1) is 16.4 Å². The number of fused-ring (bicyclic) bond motifs is 2. The molecule has 31 heavy (non-hydrogen) atoms. The number of hydrogen-bond acceptors (Lipinski definition) is 7. The van der Waals surface area contributed by atoms with Crippen LogP contribution in [0.25, 0.3) is 27.0 Å². The zero-order valence-corrected chi connectivity index (χ0v) is 19.2. The van der Waals surface area contributed by atoms with Crippen molar-refractivity contribution in [3.63, 3.8) is 0 Å². The number of amides is 1. The van der Waals surface area contributed by atoms with E-state index in [1.54, 1.807) is 26.9 Å². The number of halogens is 1. The quantitative estimate of drug-likeness (QED) is 0.445. The number of aliphatic hydroxyl groups excluding tert-OH is 1. The first-order chi connectivity index (χ1) is 14.9. The summed E-state index contributed by atoms with van der Waals surface area (Å²) in [7, 11) is 0. The van der Waals surface area contributed by atoms with Gasteiger partial charge >= 0.3 is 0 Å². The average molecular weight is 501 g/mol. The Bertz CT molecular complexity index is 1290. The van der Waals surface area contributed by atoms with Gasteiger partial charge in [-0.1, -0.05) is 0 Å². The largest absolute Gasteiger partial charge is 0.384 e. The summed E-state index contributed by atoms with van der Waals surface area (Å²) >= 11 is 5.23. The number of aromatic nitrogens is 4. The molecule has 0 spiro atoms. The van der Waals surface area contributed by atoms with E-state index in [1.165, 1.54) is 6.92 Å². The van der Waals surface area contributed by atoms with Crippen molar-refractivity contribution in [3.8, 4) is 11.1 Å². The number of piperidine rings is 1. The summed E-state index contributed by atoms with van der Waals surface area (Å²) < 4.78 is 2.38. The summed E-state index contributed by atoms with van der Waals surface area (Å²) in [6.45, 7) is 2.67. The Kier molecular flexibility index (Phi) is 5.15. The van der Waals surface area contributed by atoms with Crippen LogP contribution in [0.15, 0.2) is 34.4 Å². The third-order valence-corrected chi connectivity index (χ3v) is 7.46. The standard InChI is InChI=1S/C21H21BrN6O2S/c1-11(29)21(30)27-5-2-12(3-6-27)17-16(22)18(23)28-19(26-17)15(10-25-28)14-8-13-4-7-31-20(13)24-9-14/h4,7-12,29H,2-3,5-6,23H2,1H3/t11-/m1/s1. The molecule has 5 rings (SSSR count). The second-order valence-electron chi connectivity index (χ2n) is 7.80. The molecule has 10 heteroatoms. The molecule has 0 aromatic carbocycles. The van der Waals surface area contributed by atoms with E-state index >= 15 is 0 Å². The molecule has 3 N–H and O–H groups in total. The molecule has 0 bridgehead atoms. The molecule has 0 unspecified atom stereocenters. The number of aliphatic hydroxyl groups is 1. The van der Waals surface area contributed by atoms with Crippen LogP contribution in [-0.2, 0) is 4.79 Å². The van der Waals surface area contributed by atoms with Crippen molar-refractivity contribution in [1.29, 1.82) is 0 Å². The molecule has 1 amide bonds. The van der Waals surface area contributed by atoms with Crippen molar-refractivity contribution in [2.75, 3.05) is 18.8 Å². The molecular weight excluding hydrogens is 480 g/mol. The monoisotopic (exact) mass is 500 g/mol. The average Bonchev–Trinajstić information content (AvgIpc) is 3.42. The minimum atomic E-state index is -0.975. The van der Waals surface area contributed by atoms with Crippen LogP contribution in [0.1, 0.15) is 31.4 Å². The summed E-state index contributed by atoms with van der Waals surface area (Å²) in [5.74, 6) is 0.424. The summed E-state index contributed by atoms with van der Waals surface area (Å²) in [4.78, 5) is 24.3. The molecule has 8 nitrogen and oxygen atoms in total. The van der Waals surface area contributed by atoms with E-state index in [9.17, 15) is 9.90 Å². The van der Waals surface area contributed by atoms with Crippen molar-refractivity contribution < 1.29 is 9.90 Å². The van der Waals surface area contributed by atoms with Crippen LogP contribution in [0.5, 0.6) is 0 Å². The second kappa shape index (κ2) is 7.85. The lowest BCUT2D eigenvalue weighted by Crippen LogP contribution is -2.42. The first kappa shape index (κ1) is 20.3. The molecule has 0 radical (unpaired) electrons. The van der Waals surface area contributed by atoms with Gasteiger partial charge in [0.25, 0.3) is 5.91 Å².